The lowest BCUT2D eigenvalue weighted by Gasteiger charge is -2.42. The van der Waals surface area contributed by atoms with Crippen LogP contribution in [0.1, 0.15) is 95.5 Å². The van der Waals surface area contributed by atoms with E-state index in [2.05, 4.69) is 13.5 Å². The van der Waals surface area contributed by atoms with Gasteiger partial charge >= 0.3 is 0 Å². The number of hydrogen-bond donors (Lipinski definition) is 0. The molecule has 2 aromatic carbocycles. The zero-order chi connectivity index (χ0) is 23.2. The third-order valence-electron chi connectivity index (χ3n) is 8.27. The van der Waals surface area contributed by atoms with Gasteiger partial charge in [0.2, 0.25) is 0 Å². The molecule has 2 fully saturated rings. The van der Waals surface area contributed by atoms with Gasteiger partial charge in [-0.15, -0.1) is 0 Å². The van der Waals surface area contributed by atoms with Gasteiger partial charge in [-0.3, -0.25) is 0 Å². The van der Waals surface area contributed by atoms with Gasteiger partial charge in [0.15, 0.2) is 11.6 Å². The smallest absolute Gasteiger partial charge is 0.165 e. The number of halogens is 2. The lowest BCUT2D eigenvalue weighted by atomic mass is 9.63. The lowest BCUT2D eigenvalue weighted by Crippen LogP contribution is -2.30. The molecule has 1 nitrogen and oxygen atoms in total. The molecule has 0 amide bonds. The number of ether oxygens (including phenoxy) is 1. The Morgan fingerprint density at radius 3 is 2.58 bits per heavy atom. The van der Waals surface area contributed by atoms with Gasteiger partial charge in [-0.05, 0) is 78.9 Å². The predicted molar refractivity (Wildman–Crippen MR) is 134 cm³/mol. The van der Waals surface area contributed by atoms with Gasteiger partial charge in [0.1, 0.15) is 12.4 Å². The topological polar surface area (TPSA) is 9.23 Å². The fourth-order valence-corrected chi connectivity index (χ4v) is 6.45. The summed E-state index contributed by atoms with van der Waals surface area (Å²) >= 11 is 0. The van der Waals surface area contributed by atoms with Crippen LogP contribution in [0.3, 0.4) is 0 Å². The number of benzene rings is 2. The highest BCUT2D eigenvalue weighted by Crippen LogP contribution is 2.49. The Labute approximate surface area is 198 Å². The summed E-state index contributed by atoms with van der Waals surface area (Å²) in [6, 6.07) is 6.75. The number of fused-ring (bicyclic) bond motifs is 2. The minimum Gasteiger partial charge on any atom is -0.486 e. The fourth-order valence-electron chi connectivity index (χ4n) is 6.45. The Balaban J connectivity index is 1.38. The molecule has 2 aliphatic rings. The van der Waals surface area contributed by atoms with Crippen LogP contribution in [-0.2, 0) is 0 Å². The maximum absolute atomic E-state index is 15.5. The lowest BCUT2D eigenvalue weighted by molar-refractivity contribution is 0.112. The van der Waals surface area contributed by atoms with Gasteiger partial charge in [0, 0.05) is 5.39 Å². The van der Waals surface area contributed by atoms with Crippen LogP contribution >= 0.6 is 0 Å². The molecule has 3 heteroatoms. The van der Waals surface area contributed by atoms with Crippen LogP contribution in [-0.4, -0.2) is 6.61 Å². The van der Waals surface area contributed by atoms with Crippen molar-refractivity contribution in [3.8, 4) is 5.75 Å². The Kier molecular flexibility index (Phi) is 8.44. The molecule has 0 heterocycles. The second-order valence-electron chi connectivity index (χ2n) is 10.5. The molecule has 2 saturated carbocycles. The van der Waals surface area contributed by atoms with Crippen molar-refractivity contribution in [3.05, 3.63) is 54.1 Å². The Morgan fingerprint density at radius 2 is 1.76 bits per heavy atom. The molecule has 4 rings (SSSR count). The summed E-state index contributed by atoms with van der Waals surface area (Å²) in [4.78, 5) is 0. The summed E-state index contributed by atoms with van der Waals surface area (Å²) < 4.78 is 35.4. The van der Waals surface area contributed by atoms with Crippen molar-refractivity contribution in [2.45, 2.75) is 89.9 Å². The number of unbranched alkanes of at least 4 members (excludes halogenated alkanes) is 4. The average molecular weight is 455 g/mol. The van der Waals surface area contributed by atoms with Crippen molar-refractivity contribution in [3.63, 3.8) is 0 Å². The molecule has 0 N–H and O–H groups in total. The molecule has 4 atom stereocenters. The van der Waals surface area contributed by atoms with E-state index < -0.39 is 5.82 Å². The van der Waals surface area contributed by atoms with Crippen molar-refractivity contribution in [2.24, 2.45) is 17.8 Å². The van der Waals surface area contributed by atoms with Gasteiger partial charge in [-0.1, -0.05) is 76.7 Å². The molecular weight excluding hydrogens is 414 g/mol. The summed E-state index contributed by atoms with van der Waals surface area (Å²) in [6.07, 6.45) is 17.2. The Bertz CT molecular complexity index is 937. The van der Waals surface area contributed by atoms with E-state index in [1.807, 2.05) is 12.1 Å². The van der Waals surface area contributed by atoms with Crippen molar-refractivity contribution >= 4 is 10.8 Å². The maximum atomic E-state index is 15.5. The van der Waals surface area contributed by atoms with Crippen LogP contribution in [0.4, 0.5) is 8.78 Å². The molecule has 2 aromatic rings. The molecule has 0 aromatic heterocycles. The molecule has 0 aliphatic heterocycles. The zero-order valence-corrected chi connectivity index (χ0v) is 20.3. The van der Waals surface area contributed by atoms with Crippen LogP contribution < -0.4 is 4.74 Å². The highest BCUT2D eigenvalue weighted by Gasteiger charge is 2.36. The van der Waals surface area contributed by atoms with E-state index in [-0.39, 0.29) is 24.1 Å². The van der Waals surface area contributed by atoms with E-state index in [0.717, 1.165) is 36.2 Å². The normalized spacial score (nSPS) is 25.1. The molecule has 33 heavy (non-hydrogen) atoms. The van der Waals surface area contributed by atoms with Gasteiger partial charge in [-0.25, -0.2) is 8.78 Å². The first kappa shape index (κ1) is 24.2. The van der Waals surface area contributed by atoms with E-state index in [0.29, 0.717) is 10.8 Å². The molecule has 0 saturated heterocycles. The van der Waals surface area contributed by atoms with E-state index in [1.54, 1.807) is 12.1 Å². The first-order chi connectivity index (χ1) is 16.1. The monoisotopic (exact) mass is 454 g/mol. The van der Waals surface area contributed by atoms with Crippen molar-refractivity contribution in [1.29, 1.82) is 0 Å². The Hall–Kier alpha value is -1.90. The molecular formula is C30H40F2O. The Morgan fingerprint density at radius 1 is 0.970 bits per heavy atom. The van der Waals surface area contributed by atoms with Crippen LogP contribution in [0.5, 0.6) is 5.75 Å². The molecule has 0 spiro atoms. The quantitative estimate of drug-likeness (QED) is 0.257. The maximum Gasteiger partial charge on any atom is 0.165 e. The van der Waals surface area contributed by atoms with Crippen molar-refractivity contribution in [1.82, 2.24) is 0 Å². The third kappa shape index (κ3) is 5.78. The molecule has 2 aliphatic carbocycles. The van der Waals surface area contributed by atoms with E-state index in [4.69, 9.17) is 4.74 Å². The van der Waals surface area contributed by atoms with E-state index >= 15 is 4.39 Å². The second-order valence-corrected chi connectivity index (χ2v) is 10.5. The summed E-state index contributed by atoms with van der Waals surface area (Å²) in [7, 11) is 0. The average Bonchev–Trinajstić information content (AvgIpc) is 2.83. The van der Waals surface area contributed by atoms with Gasteiger partial charge in [0.05, 0.1) is 0 Å². The SMILES string of the molecule is C=CCOc1cc2ccc([C@@H]3CC[C@@H]4CC(CCCCCCC)CCC4C3)c(F)c2cc1F. The van der Waals surface area contributed by atoms with E-state index in [1.165, 1.54) is 70.3 Å². The standard InChI is InChI=1S/C30H40F2O/c1-3-5-6-7-8-9-21-10-11-23-18-24(13-12-22(23)17-21)26-15-14-25-19-29(33-16-4-2)28(31)20-27(25)30(26)32/h4,14-15,19-24H,2-3,5-13,16-18H2,1H3/t21?,22-,23?,24-/m1/s1. The van der Waals surface area contributed by atoms with E-state index in [9.17, 15) is 4.39 Å². The third-order valence-corrected chi connectivity index (χ3v) is 8.27. The predicted octanol–water partition coefficient (Wildman–Crippen LogP) is 9.34. The summed E-state index contributed by atoms with van der Waals surface area (Å²) in [6.45, 7) is 6.10. The molecule has 180 valence electrons. The van der Waals surface area contributed by atoms with Gasteiger partial charge < -0.3 is 4.74 Å². The number of rotatable bonds is 10. The zero-order valence-electron chi connectivity index (χ0n) is 20.3. The molecule has 2 unspecified atom stereocenters. The highest BCUT2D eigenvalue weighted by atomic mass is 19.1. The van der Waals surface area contributed by atoms with Crippen LogP contribution in [0.2, 0.25) is 0 Å². The van der Waals surface area contributed by atoms with Crippen molar-refractivity contribution in [2.75, 3.05) is 6.61 Å². The molecule has 0 radical (unpaired) electrons. The largest absolute Gasteiger partial charge is 0.486 e. The summed E-state index contributed by atoms with van der Waals surface area (Å²) in [5.74, 6) is 2.09. The number of hydrogen-bond acceptors (Lipinski definition) is 1. The minimum absolute atomic E-state index is 0.150. The highest BCUT2D eigenvalue weighted by molar-refractivity contribution is 5.85. The first-order valence-electron chi connectivity index (χ1n) is 13.3. The second kappa shape index (κ2) is 11.5. The van der Waals surface area contributed by atoms with Crippen molar-refractivity contribution < 1.29 is 13.5 Å². The fraction of sp³-hybridized carbons (Fsp3) is 0.600. The van der Waals surface area contributed by atoms with Gasteiger partial charge in [0.25, 0.3) is 0 Å². The van der Waals surface area contributed by atoms with Crippen LogP contribution in [0.25, 0.3) is 10.8 Å². The molecule has 0 bridgehead atoms. The summed E-state index contributed by atoms with van der Waals surface area (Å²) in [5.41, 5.74) is 0.776. The van der Waals surface area contributed by atoms with Crippen LogP contribution in [0.15, 0.2) is 36.9 Å². The minimum atomic E-state index is -0.517. The first-order valence-corrected chi connectivity index (χ1v) is 13.3. The van der Waals surface area contributed by atoms with Gasteiger partial charge in [-0.2, -0.15) is 0 Å². The van der Waals surface area contributed by atoms with Crippen LogP contribution in [0, 0.1) is 29.4 Å². The summed E-state index contributed by atoms with van der Waals surface area (Å²) in [5, 5.41) is 1.05.